The molecule has 1 amide bonds. The van der Waals surface area contributed by atoms with Gasteiger partial charge in [-0.25, -0.2) is 4.98 Å². The zero-order chi connectivity index (χ0) is 20.8. The smallest absolute Gasteiger partial charge is 0.226 e. The van der Waals surface area contributed by atoms with Crippen molar-refractivity contribution in [2.24, 2.45) is 0 Å². The molecular weight excluding hydrogens is 400 g/mol. The molecule has 0 aliphatic carbocycles. The topological polar surface area (TPSA) is 78.3 Å². The van der Waals surface area contributed by atoms with E-state index in [-0.39, 0.29) is 11.8 Å². The van der Waals surface area contributed by atoms with Crippen LogP contribution >= 0.6 is 11.3 Å². The Balaban J connectivity index is 1.69. The lowest BCUT2D eigenvalue weighted by atomic mass is 9.85. The van der Waals surface area contributed by atoms with E-state index in [1.165, 1.54) is 0 Å². The Bertz CT molecular complexity index is 1240. The van der Waals surface area contributed by atoms with E-state index in [4.69, 9.17) is 19.6 Å². The third-order valence-corrected chi connectivity index (χ3v) is 6.39. The van der Waals surface area contributed by atoms with Gasteiger partial charge in [0.05, 0.1) is 30.1 Å². The Morgan fingerprint density at radius 2 is 2.00 bits per heavy atom. The van der Waals surface area contributed by atoms with E-state index in [2.05, 4.69) is 5.32 Å². The average Bonchev–Trinajstić information content (AvgIpc) is 3.33. The number of amides is 1. The number of carbonyl (C=O) groups is 1. The van der Waals surface area contributed by atoms with E-state index in [9.17, 15) is 4.79 Å². The van der Waals surface area contributed by atoms with Crippen molar-refractivity contribution in [1.29, 1.82) is 0 Å². The van der Waals surface area contributed by atoms with Crippen molar-refractivity contribution in [1.82, 2.24) is 14.8 Å². The van der Waals surface area contributed by atoms with E-state index in [0.717, 1.165) is 37.9 Å². The number of carbonyl (C=O) groups excluding carboxylic acids is 1. The lowest BCUT2D eigenvalue weighted by Crippen LogP contribution is -2.25. The van der Waals surface area contributed by atoms with Gasteiger partial charge in [0.2, 0.25) is 11.0 Å². The minimum Gasteiger partial charge on any atom is -0.497 e. The molecule has 2 aromatic heterocycles. The average molecular weight is 420 g/mol. The van der Waals surface area contributed by atoms with Crippen LogP contribution in [0.25, 0.3) is 15.3 Å². The molecule has 1 aliphatic heterocycles. The van der Waals surface area contributed by atoms with Gasteiger partial charge in [0.1, 0.15) is 17.3 Å². The highest BCUT2D eigenvalue weighted by atomic mass is 32.1. The first kappa shape index (κ1) is 18.6. The molecule has 7 nitrogen and oxygen atoms in total. The SMILES string of the molecule is COc1ccc(OC)c([C@H]2CC(=O)Nc3c2c(C)nn3-c2nc3ccccc3s2)c1. The molecule has 0 radical (unpaired) electrons. The second-order valence-electron chi connectivity index (χ2n) is 7.14. The van der Waals surface area contributed by atoms with Gasteiger partial charge in [-0.05, 0) is 37.3 Å². The lowest BCUT2D eigenvalue weighted by Gasteiger charge is -2.25. The number of aromatic nitrogens is 3. The van der Waals surface area contributed by atoms with E-state index in [1.807, 2.05) is 49.4 Å². The molecule has 0 spiro atoms. The minimum absolute atomic E-state index is 0.0698. The second kappa shape index (κ2) is 7.14. The normalized spacial score (nSPS) is 15.7. The molecule has 1 N–H and O–H groups in total. The first-order chi connectivity index (χ1) is 14.6. The fourth-order valence-electron chi connectivity index (χ4n) is 4.01. The summed E-state index contributed by atoms with van der Waals surface area (Å²) in [4.78, 5) is 17.4. The number of ether oxygens (including phenoxy) is 2. The molecule has 1 aliphatic rings. The summed E-state index contributed by atoms with van der Waals surface area (Å²) in [6.07, 6.45) is 0.308. The standard InChI is InChI=1S/C22H20N4O3S/c1-12-20-15(14-10-13(28-2)8-9-17(14)29-3)11-19(27)24-21(20)26(25-12)22-23-16-6-4-5-7-18(16)30-22/h4-10,15H,11H2,1-3H3,(H,24,27)/t15-/m1/s1. The van der Waals surface area contributed by atoms with Crippen LogP contribution < -0.4 is 14.8 Å². The largest absolute Gasteiger partial charge is 0.497 e. The number of benzene rings is 2. The highest BCUT2D eigenvalue weighted by molar-refractivity contribution is 7.20. The molecule has 2 aromatic carbocycles. The van der Waals surface area contributed by atoms with Gasteiger partial charge in [0.25, 0.3) is 0 Å². The Labute approximate surface area is 177 Å². The third-order valence-electron chi connectivity index (χ3n) is 5.38. The number of methoxy groups -OCH3 is 2. The summed E-state index contributed by atoms with van der Waals surface area (Å²) in [5.41, 5.74) is 3.63. The number of fused-ring (bicyclic) bond motifs is 2. The van der Waals surface area contributed by atoms with Gasteiger partial charge >= 0.3 is 0 Å². The number of nitrogens with zero attached hydrogens (tertiary/aromatic N) is 3. The molecule has 8 heteroatoms. The van der Waals surface area contributed by atoms with Crippen molar-refractivity contribution in [3.8, 4) is 16.6 Å². The lowest BCUT2D eigenvalue weighted by molar-refractivity contribution is -0.116. The summed E-state index contributed by atoms with van der Waals surface area (Å²) in [5, 5.41) is 8.48. The number of thiazole rings is 1. The predicted molar refractivity (Wildman–Crippen MR) is 116 cm³/mol. The monoisotopic (exact) mass is 420 g/mol. The number of nitrogens with one attached hydrogen (secondary N) is 1. The number of rotatable bonds is 4. The fourth-order valence-corrected chi connectivity index (χ4v) is 4.94. The number of hydrogen-bond acceptors (Lipinski definition) is 6. The molecule has 0 unspecified atom stereocenters. The predicted octanol–water partition coefficient (Wildman–Crippen LogP) is 4.28. The van der Waals surface area contributed by atoms with E-state index in [0.29, 0.717) is 18.0 Å². The van der Waals surface area contributed by atoms with Gasteiger partial charge in [-0.15, -0.1) is 0 Å². The highest BCUT2D eigenvalue weighted by Gasteiger charge is 2.35. The first-order valence-electron chi connectivity index (χ1n) is 9.56. The van der Waals surface area contributed by atoms with Gasteiger partial charge in [-0.1, -0.05) is 23.5 Å². The Morgan fingerprint density at radius 3 is 2.77 bits per heavy atom. The summed E-state index contributed by atoms with van der Waals surface area (Å²) < 4.78 is 13.8. The van der Waals surface area contributed by atoms with Gasteiger partial charge in [-0.2, -0.15) is 9.78 Å². The summed E-state index contributed by atoms with van der Waals surface area (Å²) in [6.45, 7) is 1.96. The number of hydrogen-bond donors (Lipinski definition) is 1. The van der Waals surface area contributed by atoms with Crippen LogP contribution in [-0.2, 0) is 4.79 Å². The number of para-hydroxylation sites is 1. The molecule has 0 saturated heterocycles. The van der Waals surface area contributed by atoms with Crippen LogP contribution in [0.15, 0.2) is 42.5 Å². The van der Waals surface area contributed by atoms with Crippen molar-refractivity contribution >= 4 is 33.3 Å². The Hall–Kier alpha value is -3.39. The summed E-state index contributed by atoms with van der Waals surface area (Å²) in [7, 11) is 3.26. The summed E-state index contributed by atoms with van der Waals surface area (Å²) >= 11 is 1.54. The van der Waals surface area contributed by atoms with Gasteiger partial charge in [0.15, 0.2) is 0 Å². The number of aryl methyl sites for hydroxylation is 1. The maximum Gasteiger partial charge on any atom is 0.226 e. The van der Waals surface area contributed by atoms with Crippen LogP contribution in [0.2, 0.25) is 0 Å². The molecule has 152 valence electrons. The molecule has 4 aromatic rings. The zero-order valence-corrected chi connectivity index (χ0v) is 17.6. The van der Waals surface area contributed by atoms with Crippen LogP contribution in [0.5, 0.6) is 11.5 Å². The quantitative estimate of drug-likeness (QED) is 0.533. The molecule has 5 rings (SSSR count). The van der Waals surface area contributed by atoms with Gasteiger partial charge < -0.3 is 14.8 Å². The van der Waals surface area contributed by atoms with Crippen molar-refractivity contribution in [3.63, 3.8) is 0 Å². The molecule has 0 saturated carbocycles. The number of anilines is 1. The van der Waals surface area contributed by atoms with Crippen molar-refractivity contribution in [2.45, 2.75) is 19.3 Å². The van der Waals surface area contributed by atoms with Gasteiger partial charge in [0, 0.05) is 23.5 Å². The molecule has 0 bridgehead atoms. The van der Waals surface area contributed by atoms with Gasteiger partial charge in [-0.3, -0.25) is 4.79 Å². The Kier molecular flexibility index (Phi) is 4.43. The minimum atomic E-state index is -0.193. The maximum atomic E-state index is 12.7. The van der Waals surface area contributed by atoms with Crippen molar-refractivity contribution in [2.75, 3.05) is 19.5 Å². The van der Waals surface area contributed by atoms with E-state index >= 15 is 0 Å². The highest BCUT2D eigenvalue weighted by Crippen LogP contribution is 2.44. The molecule has 3 heterocycles. The fraction of sp³-hybridized carbons (Fsp3) is 0.227. The molecule has 0 fully saturated rings. The molecule has 30 heavy (non-hydrogen) atoms. The van der Waals surface area contributed by atoms with E-state index < -0.39 is 0 Å². The van der Waals surface area contributed by atoms with E-state index in [1.54, 1.807) is 30.2 Å². The third kappa shape index (κ3) is 2.91. The first-order valence-corrected chi connectivity index (χ1v) is 10.4. The van der Waals surface area contributed by atoms with Crippen LogP contribution in [0.3, 0.4) is 0 Å². The zero-order valence-electron chi connectivity index (χ0n) is 16.8. The van der Waals surface area contributed by atoms with Crippen LogP contribution in [0, 0.1) is 6.92 Å². The van der Waals surface area contributed by atoms with Crippen LogP contribution in [0.1, 0.15) is 29.2 Å². The van der Waals surface area contributed by atoms with Crippen molar-refractivity contribution in [3.05, 3.63) is 59.3 Å². The Morgan fingerprint density at radius 1 is 1.17 bits per heavy atom. The maximum absolute atomic E-state index is 12.7. The molecule has 1 atom stereocenters. The van der Waals surface area contributed by atoms with Crippen LogP contribution in [-0.4, -0.2) is 34.9 Å². The molecular formula is C22H20N4O3S. The van der Waals surface area contributed by atoms with Crippen LogP contribution in [0.4, 0.5) is 5.82 Å². The second-order valence-corrected chi connectivity index (χ2v) is 8.15. The summed E-state index contributed by atoms with van der Waals surface area (Å²) in [5.74, 6) is 1.84. The van der Waals surface area contributed by atoms with Crippen molar-refractivity contribution < 1.29 is 14.3 Å². The summed E-state index contributed by atoms with van der Waals surface area (Å²) in [6, 6.07) is 13.6.